The van der Waals surface area contributed by atoms with Gasteiger partial charge >= 0.3 is 0 Å². The average molecular weight is 313 g/mol. The highest BCUT2D eigenvalue weighted by atomic mass is 32.2. The molecule has 2 aromatic rings. The molecule has 0 saturated carbocycles. The van der Waals surface area contributed by atoms with Gasteiger partial charge in [0.2, 0.25) is 5.91 Å². The van der Waals surface area contributed by atoms with Gasteiger partial charge in [-0.1, -0.05) is 18.2 Å². The van der Waals surface area contributed by atoms with E-state index in [1.54, 1.807) is 11.8 Å². The number of amides is 1. The Bertz CT molecular complexity index is 724. The standard InChI is InChI=1S/C17H19N3OS/c1-11-8-20-9-12(6-7-16(20)18-11)19-17(21)14-10-22-15-5-3-2-4-13(14)15/h2-5,8,12,14H,6-7,9-10H2,1H3,(H,19,21)/t12-,14+/m0/s1. The SMILES string of the molecule is Cc1cn2c(n1)CC[C@H](NC(=O)[C@@H]1CSc3ccccc31)C2. The summed E-state index contributed by atoms with van der Waals surface area (Å²) in [5, 5.41) is 3.25. The second-order valence-corrected chi connectivity index (χ2v) is 7.16. The summed E-state index contributed by atoms with van der Waals surface area (Å²) < 4.78 is 2.18. The molecule has 1 aromatic heterocycles. The van der Waals surface area contributed by atoms with E-state index in [4.69, 9.17) is 0 Å². The quantitative estimate of drug-likeness (QED) is 0.927. The van der Waals surface area contributed by atoms with Gasteiger partial charge in [0.1, 0.15) is 5.82 Å². The maximum atomic E-state index is 12.6. The van der Waals surface area contributed by atoms with Crippen molar-refractivity contribution in [3.8, 4) is 0 Å². The lowest BCUT2D eigenvalue weighted by molar-refractivity contribution is -0.123. The minimum Gasteiger partial charge on any atom is -0.351 e. The van der Waals surface area contributed by atoms with Crippen LogP contribution in [0.25, 0.3) is 0 Å². The lowest BCUT2D eigenvalue weighted by atomic mass is 9.99. The molecule has 22 heavy (non-hydrogen) atoms. The normalized spacial score (nSPS) is 23.0. The van der Waals surface area contributed by atoms with Crippen LogP contribution in [0.4, 0.5) is 0 Å². The van der Waals surface area contributed by atoms with Gasteiger partial charge in [0, 0.05) is 35.9 Å². The molecule has 5 heteroatoms. The molecule has 0 saturated heterocycles. The summed E-state index contributed by atoms with van der Waals surface area (Å²) in [6, 6.07) is 8.46. The number of carbonyl (C=O) groups excluding carboxylic acids is 1. The molecule has 4 rings (SSSR count). The minimum atomic E-state index is -0.00730. The molecule has 0 unspecified atom stereocenters. The summed E-state index contributed by atoms with van der Waals surface area (Å²) in [6.45, 7) is 2.86. The van der Waals surface area contributed by atoms with Crippen molar-refractivity contribution in [1.29, 1.82) is 0 Å². The third-order valence-electron chi connectivity index (χ3n) is 4.48. The molecular formula is C17H19N3OS. The van der Waals surface area contributed by atoms with Crippen LogP contribution in [0.3, 0.4) is 0 Å². The van der Waals surface area contributed by atoms with Crippen molar-refractivity contribution < 1.29 is 4.79 Å². The molecular weight excluding hydrogens is 294 g/mol. The number of carbonyl (C=O) groups is 1. The van der Waals surface area contributed by atoms with Crippen LogP contribution in [0.5, 0.6) is 0 Å². The Hall–Kier alpha value is -1.75. The number of imidazole rings is 1. The van der Waals surface area contributed by atoms with Crippen LogP contribution < -0.4 is 5.32 Å². The molecule has 0 radical (unpaired) electrons. The second-order valence-electron chi connectivity index (χ2n) is 6.10. The van der Waals surface area contributed by atoms with E-state index < -0.39 is 0 Å². The molecule has 0 aliphatic carbocycles. The molecule has 0 bridgehead atoms. The molecule has 1 N–H and O–H groups in total. The van der Waals surface area contributed by atoms with Crippen molar-refractivity contribution in [2.75, 3.05) is 5.75 Å². The molecule has 0 fully saturated rings. The topological polar surface area (TPSA) is 46.9 Å². The van der Waals surface area contributed by atoms with Crippen LogP contribution in [0.1, 0.15) is 29.4 Å². The number of hydrogen-bond acceptors (Lipinski definition) is 3. The molecule has 3 heterocycles. The minimum absolute atomic E-state index is 0.00730. The number of benzene rings is 1. The Morgan fingerprint density at radius 3 is 3.18 bits per heavy atom. The fraction of sp³-hybridized carbons (Fsp3) is 0.412. The van der Waals surface area contributed by atoms with Gasteiger partial charge in [-0.2, -0.15) is 0 Å². The Kier molecular flexibility index (Phi) is 3.45. The summed E-state index contributed by atoms with van der Waals surface area (Å²) in [5.74, 6) is 2.16. The van der Waals surface area contributed by atoms with E-state index >= 15 is 0 Å². The zero-order valence-electron chi connectivity index (χ0n) is 12.6. The highest BCUT2D eigenvalue weighted by Gasteiger charge is 2.31. The van der Waals surface area contributed by atoms with Crippen LogP contribution in [0.15, 0.2) is 35.4 Å². The largest absolute Gasteiger partial charge is 0.351 e. The predicted octanol–water partition coefficient (Wildman–Crippen LogP) is 2.51. The smallest absolute Gasteiger partial charge is 0.228 e. The monoisotopic (exact) mass is 313 g/mol. The maximum Gasteiger partial charge on any atom is 0.228 e. The summed E-state index contributed by atoms with van der Waals surface area (Å²) in [4.78, 5) is 18.4. The highest BCUT2D eigenvalue weighted by Crippen LogP contribution is 2.39. The zero-order valence-corrected chi connectivity index (χ0v) is 13.4. The van der Waals surface area contributed by atoms with Gasteiger partial charge in [-0.15, -0.1) is 11.8 Å². The van der Waals surface area contributed by atoms with Crippen LogP contribution >= 0.6 is 11.8 Å². The molecule has 0 spiro atoms. The van der Waals surface area contributed by atoms with Gasteiger partial charge in [0.15, 0.2) is 0 Å². The summed E-state index contributed by atoms with van der Waals surface area (Å²) >= 11 is 1.78. The molecule has 114 valence electrons. The van der Waals surface area contributed by atoms with Crippen LogP contribution in [-0.4, -0.2) is 27.3 Å². The van der Waals surface area contributed by atoms with Gasteiger partial charge in [0.25, 0.3) is 0 Å². The van der Waals surface area contributed by atoms with Crippen LogP contribution in [-0.2, 0) is 17.8 Å². The van der Waals surface area contributed by atoms with Crippen molar-refractivity contribution >= 4 is 17.7 Å². The van der Waals surface area contributed by atoms with Gasteiger partial charge in [-0.25, -0.2) is 4.98 Å². The second kappa shape index (κ2) is 5.47. The van der Waals surface area contributed by atoms with Crippen molar-refractivity contribution in [2.45, 2.75) is 43.2 Å². The predicted molar refractivity (Wildman–Crippen MR) is 87.1 cm³/mol. The van der Waals surface area contributed by atoms with E-state index in [2.05, 4.69) is 33.2 Å². The molecule has 4 nitrogen and oxygen atoms in total. The lowest BCUT2D eigenvalue weighted by Gasteiger charge is -2.26. The fourth-order valence-corrected chi connectivity index (χ4v) is 4.61. The molecule has 2 aliphatic heterocycles. The number of aromatic nitrogens is 2. The summed E-state index contributed by atoms with van der Waals surface area (Å²) in [5.41, 5.74) is 2.24. The lowest BCUT2D eigenvalue weighted by Crippen LogP contribution is -2.43. The highest BCUT2D eigenvalue weighted by molar-refractivity contribution is 7.99. The number of thioether (sulfide) groups is 1. The first-order valence-electron chi connectivity index (χ1n) is 7.75. The van der Waals surface area contributed by atoms with Gasteiger partial charge < -0.3 is 9.88 Å². The third kappa shape index (κ3) is 2.43. The zero-order chi connectivity index (χ0) is 15.1. The number of nitrogens with one attached hydrogen (secondary N) is 1. The third-order valence-corrected chi connectivity index (χ3v) is 5.66. The van der Waals surface area contributed by atoms with E-state index in [0.29, 0.717) is 0 Å². The van der Waals surface area contributed by atoms with Crippen molar-refractivity contribution in [3.05, 3.63) is 47.5 Å². The Labute approximate surface area is 134 Å². The number of aryl methyl sites for hydroxylation is 2. The van der Waals surface area contributed by atoms with Crippen LogP contribution in [0.2, 0.25) is 0 Å². The Morgan fingerprint density at radius 1 is 1.41 bits per heavy atom. The fourth-order valence-electron chi connectivity index (χ4n) is 3.39. The number of fused-ring (bicyclic) bond motifs is 2. The Balaban J connectivity index is 1.45. The molecule has 1 amide bonds. The molecule has 1 aromatic carbocycles. The first-order chi connectivity index (χ1) is 10.7. The summed E-state index contributed by atoms with van der Waals surface area (Å²) in [7, 11) is 0. The van der Waals surface area contributed by atoms with E-state index in [1.165, 1.54) is 10.5 Å². The van der Waals surface area contributed by atoms with Crippen molar-refractivity contribution in [2.24, 2.45) is 0 Å². The van der Waals surface area contributed by atoms with Crippen molar-refractivity contribution in [1.82, 2.24) is 14.9 Å². The van der Waals surface area contributed by atoms with E-state index in [-0.39, 0.29) is 17.9 Å². The molecule has 2 aliphatic rings. The first kappa shape index (κ1) is 13.9. The van der Waals surface area contributed by atoms with Gasteiger partial charge in [-0.05, 0) is 25.0 Å². The number of hydrogen-bond donors (Lipinski definition) is 1. The van der Waals surface area contributed by atoms with Gasteiger partial charge in [0.05, 0.1) is 11.6 Å². The molecule has 2 atom stereocenters. The average Bonchev–Trinajstić information content (AvgIpc) is 3.09. The van der Waals surface area contributed by atoms with Crippen LogP contribution in [0, 0.1) is 6.92 Å². The van der Waals surface area contributed by atoms with E-state index in [9.17, 15) is 4.79 Å². The van der Waals surface area contributed by atoms with Gasteiger partial charge in [-0.3, -0.25) is 4.79 Å². The summed E-state index contributed by atoms with van der Waals surface area (Å²) in [6.07, 6.45) is 3.99. The maximum absolute atomic E-state index is 12.6. The van der Waals surface area contributed by atoms with Crippen molar-refractivity contribution in [3.63, 3.8) is 0 Å². The Morgan fingerprint density at radius 2 is 2.27 bits per heavy atom. The van der Waals surface area contributed by atoms with E-state index in [1.807, 2.05) is 19.1 Å². The van der Waals surface area contributed by atoms with E-state index in [0.717, 1.165) is 36.7 Å². The first-order valence-corrected chi connectivity index (χ1v) is 8.74. The number of rotatable bonds is 2. The number of nitrogens with zero attached hydrogens (tertiary/aromatic N) is 2.